The predicted molar refractivity (Wildman–Crippen MR) is 75.0 cm³/mol. The maximum Gasteiger partial charge on any atom is 0.331 e. The number of aliphatic carboxylic acids is 1. The fraction of sp³-hybridized carbons (Fsp3) is 0.333. The van der Waals surface area contributed by atoms with E-state index in [0.29, 0.717) is 17.7 Å². The molecule has 0 aliphatic rings. The SMILES string of the molecule is CCCCNC(=O)c1ccccc1C=C(C)C(=O)O. The molecule has 4 nitrogen and oxygen atoms in total. The Kier molecular flexibility index (Phi) is 5.79. The van der Waals surface area contributed by atoms with Crippen LogP contribution >= 0.6 is 0 Å². The molecule has 0 saturated carbocycles. The summed E-state index contributed by atoms with van der Waals surface area (Å²) in [6.07, 6.45) is 3.45. The van der Waals surface area contributed by atoms with Gasteiger partial charge in [0.15, 0.2) is 0 Å². The first-order valence-electron chi connectivity index (χ1n) is 6.35. The van der Waals surface area contributed by atoms with Gasteiger partial charge in [0.2, 0.25) is 0 Å². The van der Waals surface area contributed by atoms with Crippen LogP contribution in [0.4, 0.5) is 0 Å². The minimum atomic E-state index is -0.985. The van der Waals surface area contributed by atoms with Crippen molar-refractivity contribution in [3.8, 4) is 0 Å². The summed E-state index contributed by atoms with van der Waals surface area (Å²) in [5, 5.41) is 11.7. The van der Waals surface area contributed by atoms with Gasteiger partial charge in [-0.05, 0) is 31.1 Å². The molecule has 1 aromatic carbocycles. The van der Waals surface area contributed by atoms with Crippen molar-refractivity contribution in [2.75, 3.05) is 6.54 Å². The third-order valence-electron chi connectivity index (χ3n) is 2.73. The number of carbonyl (C=O) groups excluding carboxylic acids is 1. The molecular formula is C15H19NO3. The van der Waals surface area contributed by atoms with Gasteiger partial charge in [-0.2, -0.15) is 0 Å². The van der Waals surface area contributed by atoms with E-state index in [1.165, 1.54) is 13.0 Å². The van der Waals surface area contributed by atoms with Crippen LogP contribution < -0.4 is 5.32 Å². The van der Waals surface area contributed by atoms with E-state index >= 15 is 0 Å². The molecule has 0 saturated heterocycles. The Bertz CT molecular complexity index is 492. The van der Waals surface area contributed by atoms with Crippen LogP contribution in [-0.4, -0.2) is 23.5 Å². The van der Waals surface area contributed by atoms with E-state index < -0.39 is 5.97 Å². The van der Waals surface area contributed by atoms with E-state index in [2.05, 4.69) is 12.2 Å². The maximum atomic E-state index is 12.0. The number of amides is 1. The summed E-state index contributed by atoms with van der Waals surface area (Å²) in [5.74, 6) is -1.15. The lowest BCUT2D eigenvalue weighted by molar-refractivity contribution is -0.132. The minimum Gasteiger partial charge on any atom is -0.478 e. The molecule has 0 aliphatic heterocycles. The highest BCUT2D eigenvalue weighted by molar-refractivity contribution is 6.00. The van der Waals surface area contributed by atoms with E-state index in [9.17, 15) is 9.59 Å². The summed E-state index contributed by atoms with van der Waals surface area (Å²) in [6.45, 7) is 4.19. The molecule has 4 heteroatoms. The maximum absolute atomic E-state index is 12.0. The van der Waals surface area contributed by atoms with Crippen LogP contribution in [0.25, 0.3) is 6.08 Å². The number of hydrogen-bond donors (Lipinski definition) is 2. The molecule has 2 N–H and O–H groups in total. The van der Waals surface area contributed by atoms with Crippen molar-refractivity contribution in [3.05, 3.63) is 41.0 Å². The number of carboxylic acid groups (broad SMARTS) is 1. The number of hydrogen-bond acceptors (Lipinski definition) is 2. The predicted octanol–water partition coefficient (Wildman–Crippen LogP) is 2.70. The third kappa shape index (κ3) is 4.58. The molecule has 0 unspecified atom stereocenters. The lowest BCUT2D eigenvalue weighted by Crippen LogP contribution is -2.25. The first-order chi connectivity index (χ1) is 9.06. The van der Waals surface area contributed by atoms with E-state index in [0.717, 1.165) is 12.8 Å². The fourth-order valence-corrected chi connectivity index (χ4v) is 1.60. The van der Waals surface area contributed by atoms with Crippen molar-refractivity contribution >= 4 is 18.0 Å². The molecule has 0 fully saturated rings. The molecule has 0 spiro atoms. The van der Waals surface area contributed by atoms with E-state index in [1.807, 2.05) is 0 Å². The summed E-state index contributed by atoms with van der Waals surface area (Å²) in [4.78, 5) is 22.8. The average molecular weight is 261 g/mol. The van der Waals surface area contributed by atoms with Crippen LogP contribution in [0.1, 0.15) is 42.6 Å². The second-order valence-corrected chi connectivity index (χ2v) is 4.33. The van der Waals surface area contributed by atoms with Gasteiger partial charge in [0, 0.05) is 17.7 Å². The van der Waals surface area contributed by atoms with Crippen LogP contribution in [0.5, 0.6) is 0 Å². The van der Waals surface area contributed by atoms with Crippen molar-refractivity contribution in [2.45, 2.75) is 26.7 Å². The zero-order valence-electron chi connectivity index (χ0n) is 11.3. The van der Waals surface area contributed by atoms with Crippen LogP contribution in [-0.2, 0) is 4.79 Å². The summed E-state index contributed by atoms with van der Waals surface area (Å²) in [6, 6.07) is 6.98. The molecule has 1 aromatic rings. The largest absolute Gasteiger partial charge is 0.478 e. The van der Waals surface area contributed by atoms with Gasteiger partial charge in [-0.15, -0.1) is 0 Å². The second-order valence-electron chi connectivity index (χ2n) is 4.33. The van der Waals surface area contributed by atoms with Crippen LogP contribution in [0, 0.1) is 0 Å². The van der Waals surface area contributed by atoms with Gasteiger partial charge in [0.25, 0.3) is 5.91 Å². The Hall–Kier alpha value is -2.10. The Labute approximate surface area is 113 Å². The number of benzene rings is 1. The average Bonchev–Trinajstić information content (AvgIpc) is 2.39. The molecule has 0 atom stereocenters. The third-order valence-corrected chi connectivity index (χ3v) is 2.73. The van der Waals surface area contributed by atoms with Gasteiger partial charge < -0.3 is 10.4 Å². The normalized spacial score (nSPS) is 11.2. The number of carbonyl (C=O) groups is 2. The highest BCUT2D eigenvalue weighted by Gasteiger charge is 2.10. The van der Waals surface area contributed by atoms with Crippen molar-refractivity contribution in [2.24, 2.45) is 0 Å². The first-order valence-corrected chi connectivity index (χ1v) is 6.35. The Morgan fingerprint density at radius 2 is 2.00 bits per heavy atom. The number of nitrogens with one attached hydrogen (secondary N) is 1. The molecule has 1 rings (SSSR count). The highest BCUT2D eigenvalue weighted by atomic mass is 16.4. The van der Waals surface area contributed by atoms with Crippen molar-refractivity contribution in [3.63, 3.8) is 0 Å². The Morgan fingerprint density at radius 1 is 1.32 bits per heavy atom. The van der Waals surface area contributed by atoms with Crippen molar-refractivity contribution < 1.29 is 14.7 Å². The fourth-order valence-electron chi connectivity index (χ4n) is 1.60. The van der Waals surface area contributed by atoms with Gasteiger partial charge in [-0.25, -0.2) is 4.79 Å². The quantitative estimate of drug-likeness (QED) is 0.611. The van der Waals surface area contributed by atoms with Crippen molar-refractivity contribution in [1.82, 2.24) is 5.32 Å². The standard InChI is InChI=1S/C15H19NO3/c1-3-4-9-16-14(17)13-8-6-5-7-12(13)10-11(2)15(18)19/h5-8,10H,3-4,9H2,1-2H3,(H,16,17)(H,18,19). The van der Waals surface area contributed by atoms with Crippen molar-refractivity contribution in [1.29, 1.82) is 0 Å². The molecule has 19 heavy (non-hydrogen) atoms. The molecule has 0 heterocycles. The smallest absolute Gasteiger partial charge is 0.331 e. The van der Waals surface area contributed by atoms with Gasteiger partial charge in [-0.3, -0.25) is 4.79 Å². The monoisotopic (exact) mass is 261 g/mol. The molecule has 102 valence electrons. The molecule has 0 aromatic heterocycles. The second kappa shape index (κ2) is 7.36. The lowest BCUT2D eigenvalue weighted by atomic mass is 10.0. The van der Waals surface area contributed by atoms with Gasteiger partial charge in [-0.1, -0.05) is 31.5 Å². The van der Waals surface area contributed by atoms with E-state index in [4.69, 9.17) is 5.11 Å². The summed E-state index contributed by atoms with van der Waals surface area (Å²) in [5.41, 5.74) is 1.32. The van der Waals surface area contributed by atoms with E-state index in [1.54, 1.807) is 24.3 Å². The van der Waals surface area contributed by atoms with Crippen LogP contribution in [0.15, 0.2) is 29.8 Å². The Balaban J connectivity index is 2.93. The molecule has 0 bridgehead atoms. The number of carboxylic acids is 1. The van der Waals surface area contributed by atoms with Gasteiger partial charge >= 0.3 is 5.97 Å². The minimum absolute atomic E-state index is 0.168. The number of unbranched alkanes of at least 4 members (excludes halogenated alkanes) is 1. The Morgan fingerprint density at radius 3 is 2.63 bits per heavy atom. The van der Waals surface area contributed by atoms with Gasteiger partial charge in [0.05, 0.1) is 0 Å². The number of rotatable bonds is 6. The lowest BCUT2D eigenvalue weighted by Gasteiger charge is -2.07. The topological polar surface area (TPSA) is 66.4 Å². The summed E-state index contributed by atoms with van der Waals surface area (Å²) >= 11 is 0. The summed E-state index contributed by atoms with van der Waals surface area (Å²) in [7, 11) is 0. The zero-order valence-corrected chi connectivity index (χ0v) is 11.3. The zero-order chi connectivity index (χ0) is 14.3. The molecular weight excluding hydrogens is 242 g/mol. The molecule has 0 radical (unpaired) electrons. The first kappa shape index (κ1) is 15.0. The van der Waals surface area contributed by atoms with E-state index in [-0.39, 0.29) is 11.5 Å². The van der Waals surface area contributed by atoms with Gasteiger partial charge in [0.1, 0.15) is 0 Å². The van der Waals surface area contributed by atoms with Crippen LogP contribution in [0.3, 0.4) is 0 Å². The van der Waals surface area contributed by atoms with Crippen LogP contribution in [0.2, 0.25) is 0 Å². The molecule has 0 aliphatic carbocycles. The summed E-state index contributed by atoms with van der Waals surface area (Å²) < 4.78 is 0. The highest BCUT2D eigenvalue weighted by Crippen LogP contribution is 2.13. The molecule has 1 amide bonds.